The van der Waals surface area contributed by atoms with Gasteiger partial charge in [0.15, 0.2) is 0 Å². The van der Waals surface area contributed by atoms with Crippen molar-refractivity contribution in [1.29, 1.82) is 0 Å². The summed E-state index contributed by atoms with van der Waals surface area (Å²) in [6, 6.07) is 6.92. The molecular formula is C12H13N3O3. The topological polar surface area (TPSA) is 91.1 Å². The summed E-state index contributed by atoms with van der Waals surface area (Å²) >= 11 is 0. The number of primary amides is 1. The van der Waals surface area contributed by atoms with E-state index in [1.165, 1.54) is 7.05 Å². The Hall–Kier alpha value is -2.37. The van der Waals surface area contributed by atoms with Gasteiger partial charge in [0.25, 0.3) is 0 Å². The van der Waals surface area contributed by atoms with Gasteiger partial charge in [-0.3, -0.25) is 4.79 Å². The molecule has 0 aliphatic heterocycles. The van der Waals surface area contributed by atoms with Gasteiger partial charge in [0.05, 0.1) is 5.92 Å². The summed E-state index contributed by atoms with van der Waals surface area (Å²) in [5.74, 6) is -1.11. The quantitative estimate of drug-likeness (QED) is 0.860. The number of aryl methyl sites for hydroxylation is 1. The van der Waals surface area contributed by atoms with Gasteiger partial charge in [0, 0.05) is 12.6 Å². The Morgan fingerprint density at radius 3 is 2.67 bits per heavy atom. The first kappa shape index (κ1) is 12.1. The van der Waals surface area contributed by atoms with E-state index in [-0.39, 0.29) is 11.8 Å². The summed E-state index contributed by atoms with van der Waals surface area (Å²) in [7, 11) is 1.50. The predicted molar refractivity (Wildman–Crippen MR) is 64.2 cm³/mol. The molecule has 0 aliphatic rings. The van der Waals surface area contributed by atoms with Crippen molar-refractivity contribution in [3.63, 3.8) is 0 Å². The number of nitrogens with two attached hydrogens (primary N) is 1. The number of benzene rings is 1. The highest BCUT2D eigenvalue weighted by Crippen LogP contribution is 2.24. The molecule has 0 fully saturated rings. The molecule has 1 atom stereocenters. The van der Waals surface area contributed by atoms with Crippen molar-refractivity contribution in [1.82, 2.24) is 9.78 Å². The lowest BCUT2D eigenvalue weighted by atomic mass is 9.95. The zero-order chi connectivity index (χ0) is 13.3. The van der Waals surface area contributed by atoms with Crippen molar-refractivity contribution in [2.24, 2.45) is 12.8 Å². The number of hydrogen-bond donors (Lipinski definition) is 1. The Morgan fingerprint density at radius 2 is 2.11 bits per heavy atom. The molecule has 0 saturated carbocycles. The summed E-state index contributed by atoms with van der Waals surface area (Å²) in [5, 5.41) is 3.97. The van der Waals surface area contributed by atoms with Gasteiger partial charge in [-0.15, -0.1) is 5.10 Å². The first-order chi connectivity index (χ1) is 8.50. The van der Waals surface area contributed by atoms with Crippen LogP contribution < -0.4 is 11.5 Å². The lowest BCUT2D eigenvalue weighted by molar-refractivity contribution is 0.0999. The van der Waals surface area contributed by atoms with Crippen LogP contribution in [0.1, 0.15) is 34.7 Å². The molecule has 0 aliphatic carbocycles. The van der Waals surface area contributed by atoms with E-state index in [0.717, 1.165) is 4.68 Å². The summed E-state index contributed by atoms with van der Waals surface area (Å²) < 4.78 is 6.12. The number of hydrogen-bond acceptors (Lipinski definition) is 4. The van der Waals surface area contributed by atoms with Gasteiger partial charge >= 0.3 is 5.76 Å². The van der Waals surface area contributed by atoms with Gasteiger partial charge in [-0.1, -0.05) is 18.2 Å². The van der Waals surface area contributed by atoms with Gasteiger partial charge < -0.3 is 10.2 Å². The van der Waals surface area contributed by atoms with Crippen LogP contribution >= 0.6 is 0 Å². The second-order valence-corrected chi connectivity index (χ2v) is 4.00. The van der Waals surface area contributed by atoms with E-state index in [1.807, 2.05) is 0 Å². The van der Waals surface area contributed by atoms with E-state index in [9.17, 15) is 9.59 Å². The van der Waals surface area contributed by atoms with Crippen molar-refractivity contribution in [2.75, 3.05) is 0 Å². The van der Waals surface area contributed by atoms with E-state index in [1.54, 1.807) is 31.2 Å². The summed E-state index contributed by atoms with van der Waals surface area (Å²) in [5.41, 5.74) is 6.40. The van der Waals surface area contributed by atoms with Crippen molar-refractivity contribution in [3.8, 4) is 0 Å². The highest BCUT2D eigenvalue weighted by molar-refractivity contribution is 5.94. The molecule has 1 amide bonds. The Labute approximate surface area is 103 Å². The smallest absolute Gasteiger partial charge is 0.392 e. The molecule has 0 saturated heterocycles. The fraction of sp³-hybridized carbons (Fsp3) is 0.250. The molecular weight excluding hydrogens is 234 g/mol. The van der Waals surface area contributed by atoms with Crippen LogP contribution in [0, 0.1) is 0 Å². The van der Waals surface area contributed by atoms with Gasteiger partial charge in [-0.2, -0.15) is 4.68 Å². The van der Waals surface area contributed by atoms with Gasteiger partial charge in [0.2, 0.25) is 11.8 Å². The molecule has 0 bridgehead atoms. The second-order valence-electron chi connectivity index (χ2n) is 4.00. The van der Waals surface area contributed by atoms with Crippen LogP contribution in [0.4, 0.5) is 0 Å². The SMILES string of the molecule is C[C@@H](c1nn(C)c(=O)o1)c1ccccc1C(N)=O. The van der Waals surface area contributed by atoms with Crippen molar-refractivity contribution >= 4 is 5.91 Å². The monoisotopic (exact) mass is 247 g/mol. The molecule has 1 aromatic carbocycles. The van der Waals surface area contributed by atoms with E-state index in [4.69, 9.17) is 10.2 Å². The third-order valence-corrected chi connectivity index (χ3v) is 2.77. The van der Waals surface area contributed by atoms with Crippen LogP contribution in [-0.4, -0.2) is 15.7 Å². The molecule has 0 unspecified atom stereocenters. The fourth-order valence-corrected chi connectivity index (χ4v) is 1.77. The molecule has 2 aromatic rings. The summed E-state index contributed by atoms with van der Waals surface area (Å²) in [6.45, 7) is 1.80. The average molecular weight is 247 g/mol. The van der Waals surface area contributed by atoms with Gasteiger partial charge in [-0.05, 0) is 18.6 Å². The highest BCUT2D eigenvalue weighted by atomic mass is 16.4. The maximum atomic E-state index is 11.3. The molecule has 6 nitrogen and oxygen atoms in total. The summed E-state index contributed by atoms with van der Waals surface area (Å²) in [6.07, 6.45) is 0. The molecule has 0 spiro atoms. The number of carbonyl (C=O) groups is 1. The molecule has 1 aromatic heterocycles. The zero-order valence-electron chi connectivity index (χ0n) is 10.1. The number of rotatable bonds is 3. The number of amides is 1. The number of carbonyl (C=O) groups excluding carboxylic acids is 1. The minimum absolute atomic E-state index is 0.260. The van der Waals surface area contributed by atoms with E-state index in [0.29, 0.717) is 11.1 Å². The van der Waals surface area contributed by atoms with Crippen molar-refractivity contribution in [2.45, 2.75) is 12.8 Å². The lowest BCUT2D eigenvalue weighted by Gasteiger charge is -2.10. The minimum Gasteiger partial charge on any atom is -0.392 e. The van der Waals surface area contributed by atoms with Crippen LogP contribution in [0.3, 0.4) is 0 Å². The molecule has 94 valence electrons. The molecule has 2 N–H and O–H groups in total. The normalized spacial score (nSPS) is 12.3. The third-order valence-electron chi connectivity index (χ3n) is 2.77. The first-order valence-corrected chi connectivity index (χ1v) is 5.43. The van der Waals surface area contributed by atoms with E-state index >= 15 is 0 Å². The van der Waals surface area contributed by atoms with Crippen LogP contribution in [0.2, 0.25) is 0 Å². The molecule has 1 heterocycles. The minimum atomic E-state index is -0.534. The van der Waals surface area contributed by atoms with Crippen LogP contribution in [0.5, 0.6) is 0 Å². The Bertz CT molecular complexity index is 642. The number of aromatic nitrogens is 2. The molecule has 18 heavy (non-hydrogen) atoms. The molecule has 0 radical (unpaired) electrons. The maximum absolute atomic E-state index is 11.3. The maximum Gasteiger partial charge on any atom is 0.436 e. The summed E-state index contributed by atoms with van der Waals surface area (Å²) in [4.78, 5) is 22.6. The standard InChI is InChI=1S/C12H13N3O3/c1-7(11-14-15(2)12(17)18-11)8-5-3-4-6-9(8)10(13)16/h3-7H,1-2H3,(H2,13,16)/t7-/m1/s1. The van der Waals surface area contributed by atoms with E-state index in [2.05, 4.69) is 5.10 Å². The van der Waals surface area contributed by atoms with Crippen LogP contribution in [0.25, 0.3) is 0 Å². The van der Waals surface area contributed by atoms with Crippen LogP contribution in [-0.2, 0) is 7.05 Å². The molecule has 2 rings (SSSR count). The average Bonchev–Trinajstić information content (AvgIpc) is 2.68. The predicted octanol–water partition coefficient (Wildman–Crippen LogP) is 0.624. The molecule has 6 heteroatoms. The second kappa shape index (κ2) is 4.48. The largest absolute Gasteiger partial charge is 0.436 e. The van der Waals surface area contributed by atoms with Crippen molar-refractivity contribution < 1.29 is 9.21 Å². The van der Waals surface area contributed by atoms with Gasteiger partial charge in [0.1, 0.15) is 0 Å². The Kier molecular flexibility index (Phi) is 3.01. The first-order valence-electron chi connectivity index (χ1n) is 5.43. The van der Waals surface area contributed by atoms with Gasteiger partial charge in [-0.25, -0.2) is 4.79 Å². The van der Waals surface area contributed by atoms with E-state index < -0.39 is 11.7 Å². The highest BCUT2D eigenvalue weighted by Gasteiger charge is 2.20. The Balaban J connectivity index is 2.49. The van der Waals surface area contributed by atoms with Crippen molar-refractivity contribution in [3.05, 3.63) is 51.8 Å². The Morgan fingerprint density at radius 1 is 1.44 bits per heavy atom. The third kappa shape index (κ3) is 2.04. The fourth-order valence-electron chi connectivity index (χ4n) is 1.77. The van der Waals surface area contributed by atoms with Crippen LogP contribution in [0.15, 0.2) is 33.5 Å². The number of nitrogens with zero attached hydrogens (tertiary/aromatic N) is 2. The lowest BCUT2D eigenvalue weighted by Crippen LogP contribution is -2.15. The zero-order valence-corrected chi connectivity index (χ0v) is 10.1.